The fraction of sp³-hybridized carbons (Fsp3) is 0.688. The van der Waals surface area contributed by atoms with Gasteiger partial charge in [0.05, 0.1) is 0 Å². The number of hydrogen-bond acceptors (Lipinski definition) is 3. The van der Waals surface area contributed by atoms with E-state index in [1.807, 2.05) is 18.5 Å². The number of nitrogens with zero attached hydrogens (tertiary/aromatic N) is 2. The molecule has 2 nitrogen and oxygen atoms in total. The Labute approximate surface area is 124 Å². The highest BCUT2D eigenvalue weighted by Crippen LogP contribution is 2.32. The van der Waals surface area contributed by atoms with Crippen molar-refractivity contribution >= 4 is 12.6 Å². The first-order valence-corrected chi connectivity index (χ1v) is 7.97. The van der Waals surface area contributed by atoms with E-state index in [0.29, 0.717) is 5.41 Å². The zero-order chi connectivity index (χ0) is 14.1. The minimum absolute atomic E-state index is 0.365. The molecule has 0 aliphatic carbocycles. The second-order valence-corrected chi connectivity index (χ2v) is 6.01. The SMILES string of the molecule is CCCC(CS)(CCC)CN(C)Cc1cccnc1. The second-order valence-electron chi connectivity index (χ2n) is 5.69. The molecule has 0 radical (unpaired) electrons. The van der Waals surface area contributed by atoms with E-state index < -0.39 is 0 Å². The third kappa shape index (κ3) is 5.53. The van der Waals surface area contributed by atoms with E-state index >= 15 is 0 Å². The average Bonchev–Trinajstić information content (AvgIpc) is 2.40. The van der Waals surface area contributed by atoms with Gasteiger partial charge in [-0.1, -0.05) is 32.8 Å². The van der Waals surface area contributed by atoms with E-state index in [4.69, 9.17) is 0 Å². The summed E-state index contributed by atoms with van der Waals surface area (Å²) < 4.78 is 0. The molecule has 1 aromatic heterocycles. The van der Waals surface area contributed by atoms with Gasteiger partial charge < -0.3 is 4.90 Å². The van der Waals surface area contributed by atoms with Crippen molar-refractivity contribution < 1.29 is 0 Å². The summed E-state index contributed by atoms with van der Waals surface area (Å²) in [6.07, 6.45) is 8.79. The highest BCUT2D eigenvalue weighted by atomic mass is 32.1. The lowest BCUT2D eigenvalue weighted by Gasteiger charge is -2.36. The van der Waals surface area contributed by atoms with Crippen molar-refractivity contribution in [1.29, 1.82) is 0 Å². The summed E-state index contributed by atoms with van der Waals surface area (Å²) in [4.78, 5) is 6.60. The highest BCUT2D eigenvalue weighted by molar-refractivity contribution is 7.80. The zero-order valence-electron chi connectivity index (χ0n) is 12.6. The first-order valence-electron chi connectivity index (χ1n) is 7.34. The van der Waals surface area contributed by atoms with Gasteiger partial charge in [-0.3, -0.25) is 4.98 Å². The molecule has 0 atom stereocenters. The third-order valence-corrected chi connectivity index (χ3v) is 4.35. The summed E-state index contributed by atoms with van der Waals surface area (Å²) in [6, 6.07) is 4.15. The Hall–Kier alpha value is -0.540. The Morgan fingerprint density at radius 1 is 1.26 bits per heavy atom. The van der Waals surface area contributed by atoms with Crippen LogP contribution < -0.4 is 0 Å². The van der Waals surface area contributed by atoms with Crippen LogP contribution in [0, 0.1) is 5.41 Å². The standard InChI is InChI=1S/C16H28N2S/c1-4-8-16(14-19,9-5-2)13-18(3)12-15-7-6-10-17-11-15/h6-7,10-11,19H,4-5,8-9,12-14H2,1-3H3. The van der Waals surface area contributed by atoms with Crippen LogP contribution in [0.3, 0.4) is 0 Å². The van der Waals surface area contributed by atoms with Crippen LogP contribution in [0.25, 0.3) is 0 Å². The van der Waals surface area contributed by atoms with Crippen LogP contribution in [0.5, 0.6) is 0 Å². The summed E-state index contributed by atoms with van der Waals surface area (Å²) in [5, 5.41) is 0. The second kappa shape index (κ2) is 8.60. The van der Waals surface area contributed by atoms with Gasteiger partial charge in [0.2, 0.25) is 0 Å². The van der Waals surface area contributed by atoms with Crippen molar-refractivity contribution in [3.05, 3.63) is 30.1 Å². The molecule has 0 saturated carbocycles. The van der Waals surface area contributed by atoms with E-state index in [1.165, 1.54) is 31.2 Å². The normalized spacial score (nSPS) is 12.1. The zero-order valence-corrected chi connectivity index (χ0v) is 13.5. The lowest BCUT2D eigenvalue weighted by atomic mass is 9.80. The molecule has 0 aliphatic rings. The maximum Gasteiger partial charge on any atom is 0.0312 e. The van der Waals surface area contributed by atoms with Crippen LogP contribution in [-0.4, -0.2) is 29.2 Å². The van der Waals surface area contributed by atoms with Crippen LogP contribution in [0.15, 0.2) is 24.5 Å². The largest absolute Gasteiger partial charge is 0.301 e. The van der Waals surface area contributed by atoms with Gasteiger partial charge in [-0.2, -0.15) is 12.6 Å². The summed E-state index contributed by atoms with van der Waals surface area (Å²) in [5.74, 6) is 0.978. The fourth-order valence-corrected chi connectivity index (χ4v) is 3.40. The molecule has 0 unspecified atom stereocenters. The molecule has 0 aliphatic heterocycles. The molecule has 3 heteroatoms. The van der Waals surface area contributed by atoms with Crippen LogP contribution in [0.1, 0.15) is 45.1 Å². The summed E-state index contributed by atoms with van der Waals surface area (Å²) in [7, 11) is 2.20. The minimum atomic E-state index is 0.365. The Morgan fingerprint density at radius 2 is 1.95 bits per heavy atom. The monoisotopic (exact) mass is 280 g/mol. The van der Waals surface area contributed by atoms with E-state index in [1.54, 1.807) is 0 Å². The van der Waals surface area contributed by atoms with Gasteiger partial charge in [-0.25, -0.2) is 0 Å². The molecular weight excluding hydrogens is 252 g/mol. The van der Waals surface area contributed by atoms with Crippen LogP contribution in [-0.2, 0) is 6.54 Å². The molecule has 0 spiro atoms. The predicted molar refractivity (Wildman–Crippen MR) is 86.7 cm³/mol. The highest BCUT2D eigenvalue weighted by Gasteiger charge is 2.28. The Balaban J connectivity index is 2.62. The number of aromatic nitrogens is 1. The number of pyridine rings is 1. The molecule has 0 amide bonds. The smallest absolute Gasteiger partial charge is 0.0312 e. The quantitative estimate of drug-likeness (QED) is 0.687. The summed E-state index contributed by atoms with van der Waals surface area (Å²) in [5.41, 5.74) is 1.65. The molecule has 1 heterocycles. The number of hydrogen-bond donors (Lipinski definition) is 1. The van der Waals surface area contributed by atoms with Gasteiger partial charge in [0.1, 0.15) is 0 Å². The van der Waals surface area contributed by atoms with Crippen LogP contribution in [0.4, 0.5) is 0 Å². The molecule has 1 aromatic rings. The van der Waals surface area contributed by atoms with Crippen molar-refractivity contribution in [2.75, 3.05) is 19.3 Å². The van der Waals surface area contributed by atoms with E-state index in [9.17, 15) is 0 Å². The summed E-state index contributed by atoms with van der Waals surface area (Å²) in [6.45, 7) is 6.63. The van der Waals surface area contributed by atoms with Gasteiger partial charge in [-0.05, 0) is 42.7 Å². The van der Waals surface area contributed by atoms with Gasteiger partial charge in [-0.15, -0.1) is 0 Å². The average molecular weight is 280 g/mol. The first kappa shape index (κ1) is 16.5. The Bertz CT molecular complexity index is 334. The minimum Gasteiger partial charge on any atom is -0.301 e. The van der Waals surface area contributed by atoms with Crippen molar-refractivity contribution in [1.82, 2.24) is 9.88 Å². The van der Waals surface area contributed by atoms with Crippen molar-refractivity contribution in [2.45, 2.75) is 46.1 Å². The maximum absolute atomic E-state index is 4.63. The maximum atomic E-state index is 4.63. The molecular formula is C16H28N2S. The van der Waals surface area contributed by atoms with Gasteiger partial charge in [0.15, 0.2) is 0 Å². The van der Waals surface area contributed by atoms with Crippen LogP contribution >= 0.6 is 12.6 Å². The molecule has 19 heavy (non-hydrogen) atoms. The van der Waals surface area contributed by atoms with Gasteiger partial charge in [0, 0.05) is 25.5 Å². The van der Waals surface area contributed by atoms with Crippen molar-refractivity contribution in [2.24, 2.45) is 5.41 Å². The Morgan fingerprint density at radius 3 is 2.42 bits per heavy atom. The van der Waals surface area contributed by atoms with Crippen LogP contribution in [0.2, 0.25) is 0 Å². The first-order chi connectivity index (χ1) is 9.15. The lowest BCUT2D eigenvalue weighted by Crippen LogP contribution is -2.37. The topological polar surface area (TPSA) is 16.1 Å². The van der Waals surface area contributed by atoms with Crippen molar-refractivity contribution in [3.63, 3.8) is 0 Å². The number of rotatable bonds is 9. The predicted octanol–water partition coefficient (Wildman–Crippen LogP) is 4.03. The molecule has 0 bridgehead atoms. The molecule has 0 N–H and O–H groups in total. The van der Waals surface area contributed by atoms with Crippen molar-refractivity contribution in [3.8, 4) is 0 Å². The molecule has 0 saturated heterocycles. The molecule has 1 rings (SSSR count). The van der Waals surface area contributed by atoms with E-state index in [2.05, 4.69) is 49.5 Å². The Kier molecular flexibility index (Phi) is 7.47. The summed E-state index contributed by atoms with van der Waals surface area (Å²) >= 11 is 4.63. The van der Waals surface area contributed by atoms with E-state index in [0.717, 1.165) is 18.8 Å². The van der Waals surface area contributed by atoms with Gasteiger partial charge in [0.25, 0.3) is 0 Å². The molecule has 108 valence electrons. The molecule has 0 aromatic carbocycles. The fourth-order valence-electron chi connectivity index (χ4n) is 2.98. The lowest BCUT2D eigenvalue weighted by molar-refractivity contribution is 0.165. The van der Waals surface area contributed by atoms with Gasteiger partial charge >= 0.3 is 0 Å². The number of thiol groups is 1. The third-order valence-electron chi connectivity index (χ3n) is 3.68. The molecule has 0 fully saturated rings. The van der Waals surface area contributed by atoms with E-state index in [-0.39, 0.29) is 0 Å².